The van der Waals surface area contributed by atoms with E-state index in [0.29, 0.717) is 48.8 Å². The van der Waals surface area contributed by atoms with Crippen molar-refractivity contribution in [1.29, 1.82) is 5.26 Å². The van der Waals surface area contributed by atoms with Crippen LogP contribution in [0.5, 0.6) is 5.88 Å². The highest BCUT2D eigenvalue weighted by Gasteiger charge is 2.47. The number of halogens is 1. The van der Waals surface area contributed by atoms with Gasteiger partial charge in [-0.1, -0.05) is 6.07 Å². The maximum absolute atomic E-state index is 14.7. The molecule has 3 fully saturated rings. The van der Waals surface area contributed by atoms with Gasteiger partial charge in [-0.25, -0.2) is 19.2 Å². The first kappa shape index (κ1) is 22.2. The fourth-order valence-corrected chi connectivity index (χ4v) is 5.78. The Morgan fingerprint density at radius 1 is 1.26 bits per heavy atom. The first-order valence-electron chi connectivity index (χ1n) is 11.6. The third-order valence-corrected chi connectivity index (χ3v) is 7.96. The number of carbonyl (C=O) groups is 1. The third kappa shape index (κ3) is 4.09. The van der Waals surface area contributed by atoms with Crippen molar-refractivity contribution in [1.82, 2.24) is 14.9 Å². The molecule has 2 aliphatic heterocycles. The van der Waals surface area contributed by atoms with Gasteiger partial charge in [-0.05, 0) is 31.9 Å². The second-order valence-corrected chi connectivity index (χ2v) is 10.6. The second kappa shape index (κ2) is 8.43. The van der Waals surface area contributed by atoms with Crippen LogP contribution in [0.4, 0.5) is 9.18 Å². The van der Waals surface area contributed by atoms with Gasteiger partial charge in [0, 0.05) is 41.4 Å². The Balaban J connectivity index is 1.25. The summed E-state index contributed by atoms with van der Waals surface area (Å²) in [5, 5.41) is 10.9. The van der Waals surface area contributed by atoms with Gasteiger partial charge in [0.1, 0.15) is 28.5 Å². The van der Waals surface area contributed by atoms with E-state index in [1.165, 1.54) is 23.7 Å². The van der Waals surface area contributed by atoms with Crippen molar-refractivity contribution in [3.05, 3.63) is 41.3 Å². The molecule has 1 aromatic carbocycles. The van der Waals surface area contributed by atoms with Crippen LogP contribution in [-0.4, -0.2) is 59.0 Å². The molecule has 0 N–H and O–H groups in total. The summed E-state index contributed by atoms with van der Waals surface area (Å²) in [6.45, 7) is 3.93. The molecule has 1 aliphatic carbocycles. The van der Waals surface area contributed by atoms with Gasteiger partial charge < -0.3 is 19.1 Å². The van der Waals surface area contributed by atoms with E-state index in [2.05, 4.69) is 9.97 Å². The molecule has 8 nitrogen and oxygen atoms in total. The Hall–Kier alpha value is -3.29. The minimum Gasteiger partial charge on any atom is -0.472 e. The zero-order valence-electron chi connectivity index (χ0n) is 19.1. The predicted octanol–water partition coefficient (Wildman–Crippen LogP) is 4.38. The van der Waals surface area contributed by atoms with E-state index in [4.69, 9.17) is 19.5 Å². The largest absolute Gasteiger partial charge is 0.472 e. The lowest BCUT2D eigenvalue weighted by Crippen LogP contribution is -2.59. The van der Waals surface area contributed by atoms with Gasteiger partial charge in [0.15, 0.2) is 0 Å². The minimum absolute atomic E-state index is 0.0116. The Bertz CT molecular complexity index is 1340. The standard InChI is InChI=1S/C25H23FN4O4S/c1-25(4-5-25)34-24(31)30-8-15-10-32-11-16(9-30)21(15)33-23-22-20(28-13-29-23)18(12-35-22)17-3-2-14(7-27)6-19(17)26/h2-3,6,12-13,15-16,21H,4-5,8-11H2,1H3. The molecule has 2 unspecified atom stereocenters. The Kier molecular flexibility index (Phi) is 5.34. The van der Waals surface area contributed by atoms with E-state index in [1.54, 1.807) is 17.0 Å². The average molecular weight is 495 g/mol. The summed E-state index contributed by atoms with van der Waals surface area (Å²) in [4.78, 5) is 23.2. The number of rotatable bonds is 4. The number of nitrogens with zero attached hydrogens (tertiary/aromatic N) is 4. The van der Waals surface area contributed by atoms with Gasteiger partial charge in [0.25, 0.3) is 0 Å². The first-order chi connectivity index (χ1) is 16.9. The number of thiophene rings is 1. The fraction of sp³-hybridized carbons (Fsp3) is 0.440. The fourth-order valence-electron chi connectivity index (χ4n) is 4.83. The quantitative estimate of drug-likeness (QED) is 0.531. The number of likely N-dealkylation sites (tertiary alicyclic amines) is 1. The average Bonchev–Trinajstić information content (AvgIpc) is 3.40. The zero-order valence-corrected chi connectivity index (χ0v) is 19.9. The normalized spacial score (nSPS) is 24.6. The molecule has 35 heavy (non-hydrogen) atoms. The number of piperidine rings is 1. The number of amides is 1. The monoisotopic (exact) mass is 494 g/mol. The molecular weight excluding hydrogens is 471 g/mol. The van der Waals surface area contributed by atoms with Crippen LogP contribution in [0.3, 0.4) is 0 Å². The molecule has 3 aliphatic rings. The number of aromatic nitrogens is 2. The maximum atomic E-state index is 14.7. The van der Waals surface area contributed by atoms with Gasteiger partial charge in [-0.3, -0.25) is 0 Å². The van der Waals surface area contributed by atoms with E-state index < -0.39 is 5.82 Å². The minimum atomic E-state index is -0.476. The molecule has 180 valence electrons. The van der Waals surface area contributed by atoms with Crippen molar-refractivity contribution in [2.24, 2.45) is 11.8 Å². The molecule has 1 saturated carbocycles. The maximum Gasteiger partial charge on any atom is 0.410 e. The topological polar surface area (TPSA) is 97.6 Å². The molecule has 2 aromatic heterocycles. The molecule has 2 atom stereocenters. The van der Waals surface area contributed by atoms with Crippen LogP contribution in [-0.2, 0) is 9.47 Å². The summed E-state index contributed by atoms with van der Waals surface area (Å²) in [6, 6.07) is 6.35. The highest BCUT2D eigenvalue weighted by Crippen LogP contribution is 2.41. The van der Waals surface area contributed by atoms with Crippen LogP contribution < -0.4 is 4.74 Å². The number of carbonyl (C=O) groups excluding carboxylic acids is 1. The lowest BCUT2D eigenvalue weighted by Gasteiger charge is -2.46. The lowest BCUT2D eigenvalue weighted by atomic mass is 9.84. The van der Waals surface area contributed by atoms with E-state index in [0.717, 1.165) is 17.5 Å². The van der Waals surface area contributed by atoms with Gasteiger partial charge in [0.2, 0.25) is 5.88 Å². The van der Waals surface area contributed by atoms with Crippen LogP contribution in [0.2, 0.25) is 0 Å². The number of fused-ring (bicyclic) bond motifs is 3. The van der Waals surface area contributed by atoms with Crippen molar-refractivity contribution >= 4 is 27.6 Å². The van der Waals surface area contributed by atoms with E-state index in [9.17, 15) is 9.18 Å². The molecule has 10 heteroatoms. The molecule has 3 aromatic rings. The van der Waals surface area contributed by atoms with Crippen molar-refractivity contribution in [2.75, 3.05) is 26.3 Å². The van der Waals surface area contributed by atoms with Crippen molar-refractivity contribution in [3.63, 3.8) is 0 Å². The summed E-state index contributed by atoms with van der Waals surface area (Å²) >= 11 is 1.39. The number of hydrogen-bond acceptors (Lipinski definition) is 8. The molecule has 2 saturated heterocycles. The molecule has 1 amide bonds. The Labute approximate surface area is 205 Å². The van der Waals surface area contributed by atoms with Crippen molar-refractivity contribution in [2.45, 2.75) is 31.5 Å². The predicted molar refractivity (Wildman–Crippen MR) is 125 cm³/mol. The summed E-state index contributed by atoms with van der Waals surface area (Å²) in [5.74, 6) is -0.0514. The van der Waals surface area contributed by atoms with Gasteiger partial charge in [0.05, 0.1) is 30.4 Å². The molecule has 2 bridgehead atoms. The summed E-state index contributed by atoms with van der Waals surface area (Å²) < 4.78 is 33.3. The van der Waals surface area contributed by atoms with Crippen LogP contribution in [0.1, 0.15) is 25.3 Å². The number of nitriles is 1. The van der Waals surface area contributed by atoms with E-state index in [1.807, 2.05) is 18.4 Å². The third-order valence-electron chi connectivity index (χ3n) is 7.01. The second-order valence-electron chi connectivity index (χ2n) is 9.68. The van der Waals surface area contributed by atoms with E-state index >= 15 is 0 Å². The van der Waals surface area contributed by atoms with Crippen LogP contribution >= 0.6 is 11.3 Å². The molecule has 0 radical (unpaired) electrons. The number of hydrogen-bond donors (Lipinski definition) is 0. The zero-order chi connectivity index (χ0) is 24.2. The first-order valence-corrected chi connectivity index (χ1v) is 12.5. The lowest BCUT2D eigenvalue weighted by molar-refractivity contribution is -0.111. The molecular formula is C25H23FN4O4S. The van der Waals surface area contributed by atoms with Crippen LogP contribution in [0.15, 0.2) is 29.9 Å². The van der Waals surface area contributed by atoms with Crippen LogP contribution in [0, 0.1) is 29.0 Å². The van der Waals surface area contributed by atoms with Crippen molar-refractivity contribution < 1.29 is 23.4 Å². The van der Waals surface area contributed by atoms with Gasteiger partial charge in [-0.15, -0.1) is 11.3 Å². The number of ether oxygens (including phenoxy) is 3. The number of benzene rings is 1. The highest BCUT2D eigenvalue weighted by atomic mass is 32.1. The smallest absolute Gasteiger partial charge is 0.410 e. The molecule has 6 rings (SSSR count). The molecule has 4 heterocycles. The Morgan fingerprint density at radius 2 is 2.03 bits per heavy atom. The van der Waals surface area contributed by atoms with E-state index in [-0.39, 0.29) is 35.2 Å². The highest BCUT2D eigenvalue weighted by molar-refractivity contribution is 7.18. The Morgan fingerprint density at radius 3 is 2.71 bits per heavy atom. The summed E-state index contributed by atoms with van der Waals surface area (Å²) in [5.41, 5.74) is 1.56. The van der Waals surface area contributed by atoms with Gasteiger partial charge >= 0.3 is 6.09 Å². The summed E-state index contributed by atoms with van der Waals surface area (Å²) in [6.07, 6.45) is 2.81. The van der Waals surface area contributed by atoms with Crippen molar-refractivity contribution in [3.8, 4) is 23.1 Å². The van der Waals surface area contributed by atoms with Gasteiger partial charge in [-0.2, -0.15) is 5.26 Å². The van der Waals surface area contributed by atoms with Crippen LogP contribution in [0.25, 0.3) is 21.3 Å². The summed E-state index contributed by atoms with van der Waals surface area (Å²) in [7, 11) is 0. The molecule has 0 spiro atoms. The SMILES string of the molecule is CC1(OC(=O)N2CC3COCC(C2)C3Oc2ncnc3c(-c4ccc(C#N)cc4F)csc23)CC1.